The highest BCUT2D eigenvalue weighted by Crippen LogP contribution is 2.37. The lowest BCUT2D eigenvalue weighted by Crippen LogP contribution is -2.44. The predicted octanol–water partition coefficient (Wildman–Crippen LogP) is 2.34. The fraction of sp³-hybridized carbons (Fsp3) is 1.00. The average Bonchev–Trinajstić information content (AvgIpc) is 2.78. The minimum Gasteiger partial charge on any atom is -0.313 e. The maximum Gasteiger partial charge on any atom is 0.0191 e. The molecule has 0 saturated carbocycles. The second kappa shape index (κ2) is 5.10. The van der Waals surface area contributed by atoms with Crippen molar-refractivity contribution in [2.45, 2.75) is 62.4 Å². The summed E-state index contributed by atoms with van der Waals surface area (Å²) < 4.78 is 0. The van der Waals surface area contributed by atoms with Gasteiger partial charge in [-0.3, -0.25) is 0 Å². The molecule has 3 fully saturated rings. The first-order valence-corrected chi connectivity index (χ1v) is 8.36. The van der Waals surface area contributed by atoms with E-state index >= 15 is 0 Å². The lowest BCUT2D eigenvalue weighted by molar-refractivity contribution is 0.131. The summed E-state index contributed by atoms with van der Waals surface area (Å²) in [4.78, 5) is 2.64. The number of thioether (sulfide) groups is 1. The van der Waals surface area contributed by atoms with Gasteiger partial charge < -0.3 is 10.2 Å². The van der Waals surface area contributed by atoms with Crippen LogP contribution in [0.15, 0.2) is 0 Å². The Morgan fingerprint density at radius 2 is 1.88 bits per heavy atom. The SMILES string of the molecule is CC1SCCC1NCC1CC2CCC(C1)N2C. The van der Waals surface area contributed by atoms with Gasteiger partial charge in [-0.2, -0.15) is 11.8 Å². The highest BCUT2D eigenvalue weighted by molar-refractivity contribution is 8.00. The molecule has 3 heterocycles. The Morgan fingerprint density at radius 1 is 1.18 bits per heavy atom. The van der Waals surface area contributed by atoms with E-state index in [1.165, 1.54) is 44.4 Å². The van der Waals surface area contributed by atoms with E-state index in [1.54, 1.807) is 0 Å². The van der Waals surface area contributed by atoms with Crippen LogP contribution >= 0.6 is 11.8 Å². The van der Waals surface area contributed by atoms with Crippen LogP contribution in [0, 0.1) is 5.92 Å². The van der Waals surface area contributed by atoms with Crippen molar-refractivity contribution in [3.05, 3.63) is 0 Å². The van der Waals surface area contributed by atoms with Gasteiger partial charge in [0, 0.05) is 23.4 Å². The van der Waals surface area contributed by atoms with Crippen LogP contribution in [-0.4, -0.2) is 47.6 Å². The summed E-state index contributed by atoms with van der Waals surface area (Å²) in [6.45, 7) is 3.66. The molecule has 3 saturated heterocycles. The van der Waals surface area contributed by atoms with E-state index in [9.17, 15) is 0 Å². The fourth-order valence-electron chi connectivity index (χ4n) is 4.01. The number of hydrogen-bond acceptors (Lipinski definition) is 3. The number of hydrogen-bond donors (Lipinski definition) is 1. The highest BCUT2D eigenvalue weighted by Gasteiger charge is 2.38. The van der Waals surface area contributed by atoms with Crippen LogP contribution in [0.4, 0.5) is 0 Å². The molecule has 0 radical (unpaired) electrons. The molecule has 0 aliphatic carbocycles. The van der Waals surface area contributed by atoms with Crippen LogP contribution in [-0.2, 0) is 0 Å². The molecule has 3 rings (SSSR count). The van der Waals surface area contributed by atoms with E-state index in [4.69, 9.17) is 0 Å². The third kappa shape index (κ3) is 2.52. The van der Waals surface area contributed by atoms with E-state index in [1.807, 2.05) is 0 Å². The molecule has 2 nitrogen and oxygen atoms in total. The maximum atomic E-state index is 3.85. The Balaban J connectivity index is 1.47. The van der Waals surface area contributed by atoms with Gasteiger partial charge in [-0.15, -0.1) is 0 Å². The second-order valence-corrected chi connectivity index (χ2v) is 7.75. The molecule has 98 valence electrons. The minimum atomic E-state index is 0.789. The van der Waals surface area contributed by atoms with E-state index in [2.05, 4.69) is 35.9 Å². The lowest BCUT2D eigenvalue weighted by Gasteiger charge is -2.37. The van der Waals surface area contributed by atoms with Crippen LogP contribution in [0.3, 0.4) is 0 Å². The molecule has 0 aromatic heterocycles. The summed E-state index contributed by atoms with van der Waals surface area (Å²) in [6.07, 6.45) is 7.16. The summed E-state index contributed by atoms with van der Waals surface area (Å²) in [6, 6.07) is 2.59. The third-order valence-electron chi connectivity index (χ3n) is 5.24. The van der Waals surface area contributed by atoms with Gasteiger partial charge in [0.15, 0.2) is 0 Å². The first kappa shape index (κ1) is 12.3. The molecule has 4 atom stereocenters. The van der Waals surface area contributed by atoms with Crippen molar-refractivity contribution in [2.75, 3.05) is 19.3 Å². The molecule has 4 unspecified atom stereocenters. The summed E-state index contributed by atoms with van der Waals surface area (Å²) >= 11 is 2.14. The number of piperidine rings is 1. The van der Waals surface area contributed by atoms with Gasteiger partial charge in [0.25, 0.3) is 0 Å². The Labute approximate surface area is 110 Å². The smallest absolute Gasteiger partial charge is 0.0191 e. The van der Waals surface area contributed by atoms with Crippen molar-refractivity contribution in [1.82, 2.24) is 10.2 Å². The molecule has 0 aromatic rings. The highest BCUT2D eigenvalue weighted by atomic mass is 32.2. The topological polar surface area (TPSA) is 15.3 Å². The molecule has 3 aliphatic rings. The van der Waals surface area contributed by atoms with Gasteiger partial charge in [0.2, 0.25) is 0 Å². The predicted molar refractivity (Wildman–Crippen MR) is 75.6 cm³/mol. The van der Waals surface area contributed by atoms with Gasteiger partial charge in [0.1, 0.15) is 0 Å². The van der Waals surface area contributed by atoms with Crippen molar-refractivity contribution in [1.29, 1.82) is 0 Å². The van der Waals surface area contributed by atoms with Crippen molar-refractivity contribution >= 4 is 11.8 Å². The van der Waals surface area contributed by atoms with Gasteiger partial charge in [0.05, 0.1) is 0 Å². The van der Waals surface area contributed by atoms with Gasteiger partial charge in [-0.05, 0) is 57.4 Å². The zero-order valence-corrected chi connectivity index (χ0v) is 12.0. The molecular weight excluding hydrogens is 228 g/mol. The number of nitrogens with one attached hydrogen (secondary N) is 1. The zero-order chi connectivity index (χ0) is 11.8. The van der Waals surface area contributed by atoms with Crippen LogP contribution in [0.25, 0.3) is 0 Å². The largest absolute Gasteiger partial charge is 0.313 e. The van der Waals surface area contributed by atoms with Crippen LogP contribution in [0.5, 0.6) is 0 Å². The molecule has 3 aliphatic heterocycles. The Hall–Kier alpha value is 0.270. The summed E-state index contributed by atoms with van der Waals surface area (Å²) in [5.41, 5.74) is 0. The number of rotatable bonds is 3. The molecule has 2 bridgehead atoms. The standard InChI is InChI=1S/C14H26N2S/c1-10-14(5-6-17-10)15-9-11-7-12-3-4-13(8-11)16(12)2/h10-15H,3-9H2,1-2H3. The molecule has 0 spiro atoms. The normalized spacial score (nSPS) is 46.6. The van der Waals surface area contributed by atoms with Gasteiger partial charge in [-0.25, -0.2) is 0 Å². The van der Waals surface area contributed by atoms with Crippen molar-refractivity contribution < 1.29 is 0 Å². The van der Waals surface area contributed by atoms with Crippen molar-refractivity contribution in [2.24, 2.45) is 5.92 Å². The Kier molecular flexibility index (Phi) is 3.69. The molecule has 0 aromatic carbocycles. The molecule has 1 N–H and O–H groups in total. The Morgan fingerprint density at radius 3 is 2.47 bits per heavy atom. The molecule has 0 amide bonds. The zero-order valence-electron chi connectivity index (χ0n) is 11.2. The van der Waals surface area contributed by atoms with E-state index in [0.717, 1.165) is 29.3 Å². The van der Waals surface area contributed by atoms with E-state index in [-0.39, 0.29) is 0 Å². The second-order valence-electron chi connectivity index (χ2n) is 6.27. The number of nitrogens with zero attached hydrogens (tertiary/aromatic N) is 1. The average molecular weight is 254 g/mol. The summed E-state index contributed by atoms with van der Waals surface area (Å²) in [5.74, 6) is 2.30. The van der Waals surface area contributed by atoms with Gasteiger partial charge in [-0.1, -0.05) is 6.92 Å². The third-order valence-corrected chi connectivity index (χ3v) is 6.57. The number of fused-ring (bicyclic) bond motifs is 2. The van der Waals surface area contributed by atoms with Crippen LogP contribution in [0.1, 0.15) is 39.0 Å². The van der Waals surface area contributed by atoms with Gasteiger partial charge >= 0.3 is 0 Å². The summed E-state index contributed by atoms with van der Waals surface area (Å²) in [7, 11) is 2.33. The molecule has 17 heavy (non-hydrogen) atoms. The van der Waals surface area contributed by atoms with E-state index in [0.29, 0.717) is 0 Å². The molecule has 3 heteroatoms. The lowest BCUT2D eigenvalue weighted by atomic mass is 9.91. The minimum absolute atomic E-state index is 0.789. The quantitative estimate of drug-likeness (QED) is 0.832. The monoisotopic (exact) mass is 254 g/mol. The first-order chi connectivity index (χ1) is 8.24. The van der Waals surface area contributed by atoms with Crippen LogP contribution < -0.4 is 5.32 Å². The van der Waals surface area contributed by atoms with Crippen molar-refractivity contribution in [3.63, 3.8) is 0 Å². The molecular formula is C14H26N2S. The Bertz CT molecular complexity index is 257. The fourth-order valence-corrected chi connectivity index (χ4v) is 5.24. The van der Waals surface area contributed by atoms with Crippen molar-refractivity contribution in [3.8, 4) is 0 Å². The van der Waals surface area contributed by atoms with E-state index < -0.39 is 0 Å². The first-order valence-electron chi connectivity index (χ1n) is 7.31. The summed E-state index contributed by atoms with van der Waals surface area (Å²) in [5, 5.41) is 4.68. The van der Waals surface area contributed by atoms with Crippen LogP contribution in [0.2, 0.25) is 0 Å². The maximum absolute atomic E-state index is 3.85.